The molecule has 4 rings (SSSR count). The molecule has 1 fully saturated rings. The molecule has 1 aromatic heterocycles. The highest BCUT2D eigenvalue weighted by molar-refractivity contribution is 7.89. The second-order valence-electron chi connectivity index (χ2n) is 7.80. The molecule has 1 aliphatic heterocycles. The van der Waals surface area contributed by atoms with Crippen molar-refractivity contribution in [2.75, 3.05) is 20.2 Å². The maximum atomic E-state index is 12.8. The van der Waals surface area contributed by atoms with Crippen molar-refractivity contribution in [2.45, 2.75) is 30.3 Å². The van der Waals surface area contributed by atoms with E-state index in [-0.39, 0.29) is 22.5 Å². The average Bonchev–Trinajstić information content (AvgIpc) is 3.23. The number of fused-ring (bicyclic) bond motifs is 1. The Bertz CT molecular complexity index is 1250. The van der Waals surface area contributed by atoms with Gasteiger partial charge in [-0.05, 0) is 49.7 Å². The zero-order chi connectivity index (χ0) is 22.2. The summed E-state index contributed by atoms with van der Waals surface area (Å²) < 4.78 is 35.0. The van der Waals surface area contributed by atoms with Crippen LogP contribution in [0.15, 0.2) is 58.2 Å². The first-order chi connectivity index (χ1) is 14.8. The zero-order valence-corrected chi connectivity index (χ0v) is 18.6. The molecule has 2 atom stereocenters. The van der Waals surface area contributed by atoms with Gasteiger partial charge in [0.15, 0.2) is 0 Å². The molecule has 1 N–H and O–H groups in total. The number of methoxy groups -OCH3 is 1. The Balaban J connectivity index is 1.50. The van der Waals surface area contributed by atoms with Gasteiger partial charge in [-0.1, -0.05) is 12.1 Å². The molecule has 0 saturated carbocycles. The number of ether oxygens (including phenoxy) is 1. The summed E-state index contributed by atoms with van der Waals surface area (Å²) in [6, 6.07) is 13.3. The summed E-state index contributed by atoms with van der Waals surface area (Å²) in [7, 11) is -0.362. The van der Waals surface area contributed by atoms with E-state index < -0.39 is 10.0 Å². The SMILES string of the molecule is COc1ccc(S(=O)(=O)NC2CCN(C(C)c3nc4ccccc4c(=O)n3C)C2)cc1. The van der Waals surface area contributed by atoms with Crippen molar-refractivity contribution in [2.24, 2.45) is 7.05 Å². The fourth-order valence-corrected chi connectivity index (χ4v) is 5.31. The van der Waals surface area contributed by atoms with Crippen LogP contribution in [0.25, 0.3) is 10.9 Å². The molecular weight excluding hydrogens is 416 g/mol. The number of rotatable bonds is 6. The monoisotopic (exact) mass is 442 g/mol. The largest absolute Gasteiger partial charge is 0.497 e. The topological polar surface area (TPSA) is 93.5 Å². The molecule has 2 unspecified atom stereocenters. The Morgan fingerprint density at radius 1 is 1.16 bits per heavy atom. The molecule has 0 spiro atoms. The molecule has 3 aromatic rings. The smallest absolute Gasteiger partial charge is 0.261 e. The van der Waals surface area contributed by atoms with Gasteiger partial charge in [0.25, 0.3) is 5.56 Å². The average molecular weight is 443 g/mol. The summed E-state index contributed by atoms with van der Waals surface area (Å²) in [6.07, 6.45) is 0.682. The van der Waals surface area contributed by atoms with Gasteiger partial charge in [-0.25, -0.2) is 18.1 Å². The first-order valence-corrected chi connectivity index (χ1v) is 11.6. The molecular formula is C22H26N4O4S. The van der Waals surface area contributed by atoms with Crippen LogP contribution in [-0.2, 0) is 17.1 Å². The van der Waals surface area contributed by atoms with Crippen LogP contribution in [0, 0.1) is 0 Å². The maximum Gasteiger partial charge on any atom is 0.261 e. The third kappa shape index (κ3) is 4.21. The summed E-state index contributed by atoms with van der Waals surface area (Å²) in [5.41, 5.74) is 0.590. The van der Waals surface area contributed by atoms with Crippen molar-refractivity contribution >= 4 is 20.9 Å². The summed E-state index contributed by atoms with van der Waals surface area (Å²) in [4.78, 5) is 19.8. The number of benzene rings is 2. The minimum absolute atomic E-state index is 0.0802. The van der Waals surface area contributed by atoms with Crippen LogP contribution in [0.5, 0.6) is 5.75 Å². The highest BCUT2D eigenvalue weighted by atomic mass is 32.2. The van der Waals surface area contributed by atoms with E-state index in [0.717, 1.165) is 0 Å². The molecule has 0 radical (unpaired) electrons. The van der Waals surface area contributed by atoms with E-state index >= 15 is 0 Å². The lowest BCUT2D eigenvalue weighted by molar-refractivity contribution is 0.243. The van der Waals surface area contributed by atoms with Gasteiger partial charge in [-0.2, -0.15) is 0 Å². The summed E-state index contributed by atoms with van der Waals surface area (Å²) in [5, 5.41) is 0.590. The van der Waals surface area contributed by atoms with E-state index in [2.05, 4.69) is 9.62 Å². The number of hydrogen-bond acceptors (Lipinski definition) is 6. The number of nitrogens with zero attached hydrogens (tertiary/aromatic N) is 3. The number of likely N-dealkylation sites (tertiary alicyclic amines) is 1. The molecule has 0 bridgehead atoms. The number of para-hydroxylation sites is 1. The van der Waals surface area contributed by atoms with Gasteiger partial charge in [0, 0.05) is 26.2 Å². The van der Waals surface area contributed by atoms with Gasteiger partial charge >= 0.3 is 0 Å². The molecule has 9 heteroatoms. The second kappa shape index (κ2) is 8.41. The molecule has 1 aliphatic rings. The number of sulfonamides is 1. The second-order valence-corrected chi connectivity index (χ2v) is 9.52. The Kier molecular flexibility index (Phi) is 5.83. The predicted octanol–water partition coefficient (Wildman–Crippen LogP) is 2.06. The quantitative estimate of drug-likeness (QED) is 0.628. The van der Waals surface area contributed by atoms with Crippen molar-refractivity contribution < 1.29 is 13.2 Å². The lowest BCUT2D eigenvalue weighted by Gasteiger charge is -2.25. The normalized spacial score (nSPS) is 18.4. The van der Waals surface area contributed by atoms with Crippen molar-refractivity contribution in [1.29, 1.82) is 0 Å². The predicted molar refractivity (Wildman–Crippen MR) is 119 cm³/mol. The van der Waals surface area contributed by atoms with E-state index in [0.29, 0.717) is 42.0 Å². The van der Waals surface area contributed by atoms with Crippen molar-refractivity contribution in [1.82, 2.24) is 19.2 Å². The number of hydrogen-bond donors (Lipinski definition) is 1. The van der Waals surface area contributed by atoms with Crippen LogP contribution in [0.2, 0.25) is 0 Å². The van der Waals surface area contributed by atoms with E-state index in [1.54, 1.807) is 29.8 Å². The first kappa shape index (κ1) is 21.5. The third-order valence-corrected chi connectivity index (χ3v) is 7.39. The van der Waals surface area contributed by atoms with E-state index in [1.165, 1.54) is 19.2 Å². The fourth-order valence-electron chi connectivity index (χ4n) is 4.05. The lowest BCUT2D eigenvalue weighted by atomic mass is 10.2. The minimum Gasteiger partial charge on any atom is -0.497 e. The Morgan fingerprint density at radius 2 is 1.87 bits per heavy atom. The van der Waals surface area contributed by atoms with Crippen LogP contribution in [0.4, 0.5) is 0 Å². The van der Waals surface area contributed by atoms with Gasteiger partial charge in [-0.15, -0.1) is 0 Å². The van der Waals surface area contributed by atoms with Crippen LogP contribution in [0.1, 0.15) is 25.2 Å². The van der Waals surface area contributed by atoms with Gasteiger partial charge < -0.3 is 4.74 Å². The van der Waals surface area contributed by atoms with Crippen molar-refractivity contribution in [3.63, 3.8) is 0 Å². The summed E-state index contributed by atoms with van der Waals surface area (Å²) in [6.45, 7) is 3.25. The van der Waals surface area contributed by atoms with Crippen molar-refractivity contribution in [3.8, 4) is 5.75 Å². The van der Waals surface area contributed by atoms with E-state index in [9.17, 15) is 13.2 Å². The standard InChI is InChI=1S/C22H26N4O4S/c1-15(21-23-20-7-5-4-6-19(20)22(27)25(21)2)26-13-12-16(14-26)24-31(28,29)18-10-8-17(30-3)9-11-18/h4-11,15-16,24H,12-14H2,1-3H3. The Morgan fingerprint density at radius 3 is 2.58 bits per heavy atom. The van der Waals surface area contributed by atoms with Gasteiger partial charge in [0.05, 0.1) is 29.0 Å². The highest BCUT2D eigenvalue weighted by Gasteiger charge is 2.31. The zero-order valence-electron chi connectivity index (χ0n) is 17.8. The Hall–Kier alpha value is -2.75. The molecule has 2 heterocycles. The van der Waals surface area contributed by atoms with Crippen LogP contribution < -0.4 is 15.0 Å². The molecule has 31 heavy (non-hydrogen) atoms. The van der Waals surface area contributed by atoms with Gasteiger partial charge in [0.1, 0.15) is 11.6 Å². The highest BCUT2D eigenvalue weighted by Crippen LogP contribution is 2.25. The van der Waals surface area contributed by atoms with E-state index in [1.807, 2.05) is 25.1 Å². The molecule has 1 saturated heterocycles. The molecule has 8 nitrogen and oxygen atoms in total. The van der Waals surface area contributed by atoms with Crippen LogP contribution in [0.3, 0.4) is 0 Å². The van der Waals surface area contributed by atoms with Crippen LogP contribution >= 0.6 is 0 Å². The maximum absolute atomic E-state index is 12.8. The van der Waals surface area contributed by atoms with E-state index in [4.69, 9.17) is 9.72 Å². The molecule has 0 amide bonds. The van der Waals surface area contributed by atoms with Gasteiger partial charge in [0.2, 0.25) is 10.0 Å². The van der Waals surface area contributed by atoms with Crippen molar-refractivity contribution in [3.05, 3.63) is 64.7 Å². The minimum atomic E-state index is -3.63. The first-order valence-electron chi connectivity index (χ1n) is 10.2. The lowest BCUT2D eigenvalue weighted by Crippen LogP contribution is -2.38. The molecule has 2 aromatic carbocycles. The summed E-state index contributed by atoms with van der Waals surface area (Å²) in [5.74, 6) is 1.27. The Labute approximate surface area is 181 Å². The molecule has 0 aliphatic carbocycles. The third-order valence-electron chi connectivity index (χ3n) is 5.85. The van der Waals surface area contributed by atoms with Gasteiger partial charge in [-0.3, -0.25) is 14.3 Å². The summed E-state index contributed by atoms with van der Waals surface area (Å²) >= 11 is 0. The number of nitrogens with one attached hydrogen (secondary N) is 1. The fraction of sp³-hybridized carbons (Fsp3) is 0.364. The number of aromatic nitrogens is 2. The molecule has 164 valence electrons. The van der Waals surface area contributed by atoms with Crippen LogP contribution in [-0.4, -0.2) is 49.1 Å².